The molecule has 1 saturated heterocycles. The normalized spacial score (nSPS) is 29.2. The monoisotopic (exact) mass is 865 g/mol. The van der Waals surface area contributed by atoms with Gasteiger partial charge < -0.3 is 39.2 Å². The number of hydrogen-bond donors (Lipinski definition) is 3. The fourth-order valence-electron chi connectivity index (χ4n) is 7.74. The molecule has 7 rings (SSSR count). The number of rotatable bonds is 8. The van der Waals surface area contributed by atoms with Gasteiger partial charge in [-0.15, -0.1) is 0 Å². The fraction of sp³-hybridized carbons (Fsp3) is 0.625. The summed E-state index contributed by atoms with van der Waals surface area (Å²) in [5.74, 6) is -2.06. The van der Waals surface area contributed by atoms with Crippen molar-refractivity contribution in [1.82, 2.24) is 25.2 Å². The molecule has 7 atom stereocenters. The quantitative estimate of drug-likeness (QED) is 0.320. The summed E-state index contributed by atoms with van der Waals surface area (Å²) >= 11 is 0. The van der Waals surface area contributed by atoms with Gasteiger partial charge in [0.2, 0.25) is 33.3 Å². The van der Waals surface area contributed by atoms with Gasteiger partial charge in [0.15, 0.2) is 11.5 Å². The molecule has 4 amide bonds. The second-order valence-electron chi connectivity index (χ2n) is 16.9. The summed E-state index contributed by atoms with van der Waals surface area (Å²) < 4.78 is 98.0. The van der Waals surface area contributed by atoms with E-state index in [4.69, 9.17) is 23.7 Å². The number of alkyl carbamates (subject to hydrolysis) is 1. The van der Waals surface area contributed by atoms with E-state index in [9.17, 15) is 40.8 Å². The van der Waals surface area contributed by atoms with Crippen LogP contribution >= 0.6 is 0 Å². The van der Waals surface area contributed by atoms with E-state index < -0.39 is 92.2 Å². The van der Waals surface area contributed by atoms with E-state index in [0.29, 0.717) is 75.0 Å². The maximum Gasteiger partial charge on any atom is 0.427 e. The van der Waals surface area contributed by atoms with E-state index in [1.165, 1.54) is 13.1 Å². The second-order valence-corrected chi connectivity index (χ2v) is 19.1. The molecule has 0 bridgehead atoms. The molecular formula is C40H50F3N5O11S. The Balaban J connectivity index is 1.24. The van der Waals surface area contributed by atoms with Gasteiger partial charge >= 0.3 is 12.3 Å². The van der Waals surface area contributed by atoms with Crippen LogP contribution in [0, 0.1) is 5.92 Å². The third-order valence-electron chi connectivity index (χ3n) is 12.0. The topological polar surface area (TPSA) is 201 Å². The number of nitrogens with one attached hydrogen (secondary N) is 3. The van der Waals surface area contributed by atoms with E-state index in [1.54, 1.807) is 44.2 Å². The molecule has 7 unspecified atom stereocenters. The summed E-state index contributed by atoms with van der Waals surface area (Å²) in [4.78, 5) is 62.2. The highest BCUT2D eigenvalue weighted by Gasteiger charge is 2.63. The molecule has 1 aromatic carbocycles. The molecule has 60 heavy (non-hydrogen) atoms. The standard InChI is InChI=1S/C40H50F3N5O11S/c1-6-28-30(45-36(52)59-37(3,4)40(41,42)43)34(50)48-21-24(58-33-26-11-12-29-31(56-18-17-55-29)25(26)13-16-44-33)19-27(48)32(49)46-39(20-23(39)10-8-7-9-22(2)57-28)35(51)47-60(53,54)38(5)14-15-38/h8,10-13,16,22-24,27-28,30H,6-7,9,14-15,17-21H2,1-5H3,(H,45,52)(H,46,49)(H,47,51). The number of halogens is 3. The predicted octanol–water partition coefficient (Wildman–Crippen LogP) is 4.20. The van der Waals surface area contributed by atoms with Crippen LogP contribution in [0.1, 0.15) is 79.6 Å². The molecule has 3 fully saturated rings. The van der Waals surface area contributed by atoms with Crippen LogP contribution < -0.4 is 29.6 Å². The van der Waals surface area contributed by atoms with Crippen molar-refractivity contribution in [3.8, 4) is 17.4 Å². The largest absolute Gasteiger partial charge is 0.486 e. The summed E-state index contributed by atoms with van der Waals surface area (Å²) in [6.07, 6.45) is -2.48. The van der Waals surface area contributed by atoms with E-state index in [1.807, 2.05) is 0 Å². The first-order valence-electron chi connectivity index (χ1n) is 20.1. The van der Waals surface area contributed by atoms with Gasteiger partial charge in [-0.25, -0.2) is 18.2 Å². The Kier molecular flexibility index (Phi) is 11.4. The lowest BCUT2D eigenvalue weighted by atomic mass is 10.0. The van der Waals surface area contributed by atoms with Gasteiger partial charge in [0.05, 0.1) is 23.5 Å². The van der Waals surface area contributed by atoms with Crippen molar-refractivity contribution in [2.45, 2.75) is 132 Å². The van der Waals surface area contributed by atoms with Gasteiger partial charge in [0, 0.05) is 29.3 Å². The lowest BCUT2D eigenvalue weighted by Gasteiger charge is -2.35. The lowest BCUT2D eigenvalue weighted by molar-refractivity contribution is -0.244. The van der Waals surface area contributed by atoms with Crippen molar-refractivity contribution in [1.29, 1.82) is 0 Å². The molecule has 0 spiro atoms. The van der Waals surface area contributed by atoms with E-state index >= 15 is 0 Å². The number of alkyl halides is 3. The Morgan fingerprint density at radius 2 is 1.83 bits per heavy atom. The number of sulfonamides is 1. The van der Waals surface area contributed by atoms with Gasteiger partial charge in [0.25, 0.3) is 5.91 Å². The molecule has 1 aromatic heterocycles. The van der Waals surface area contributed by atoms with Gasteiger partial charge in [-0.2, -0.15) is 13.2 Å². The molecule has 16 nitrogen and oxygen atoms in total. The number of fused-ring (bicyclic) bond motifs is 5. The van der Waals surface area contributed by atoms with Crippen LogP contribution in [0.3, 0.4) is 0 Å². The zero-order chi connectivity index (χ0) is 43.4. The molecule has 20 heteroatoms. The SMILES string of the molecule is CCC1OC(C)CCC=CC2CC2(C(=O)NS(=O)(=O)C2(C)CC2)NC(=O)C2CC(Oc3nccc4c5c(ccc34)OCCO5)CN2C(=O)C1NC(=O)OC(C)(C)C(F)(F)F. The summed E-state index contributed by atoms with van der Waals surface area (Å²) in [6.45, 7) is 6.68. The summed E-state index contributed by atoms with van der Waals surface area (Å²) in [5.41, 5.74) is -4.62. The smallest absolute Gasteiger partial charge is 0.427 e. The average Bonchev–Trinajstić information content (AvgIpc) is 4.07. The van der Waals surface area contributed by atoms with Gasteiger partial charge in [-0.3, -0.25) is 19.1 Å². The molecule has 5 aliphatic rings. The van der Waals surface area contributed by atoms with Crippen molar-refractivity contribution < 1.29 is 64.5 Å². The minimum atomic E-state index is -4.95. The highest BCUT2D eigenvalue weighted by Crippen LogP contribution is 2.48. The van der Waals surface area contributed by atoms with Crippen molar-refractivity contribution >= 4 is 44.6 Å². The first kappa shape index (κ1) is 43.2. The van der Waals surface area contributed by atoms with Crippen molar-refractivity contribution in [2.75, 3.05) is 19.8 Å². The highest BCUT2D eigenvalue weighted by molar-refractivity contribution is 7.91. The molecule has 3 N–H and O–H groups in total. The number of hydrogen-bond acceptors (Lipinski definition) is 12. The molecule has 3 aliphatic heterocycles. The first-order valence-corrected chi connectivity index (χ1v) is 21.6. The maximum absolute atomic E-state index is 14.9. The van der Waals surface area contributed by atoms with Crippen LogP contribution in [-0.2, 0) is 33.9 Å². The van der Waals surface area contributed by atoms with Crippen molar-refractivity contribution in [3.63, 3.8) is 0 Å². The number of carbonyl (C=O) groups excluding carboxylic acids is 4. The number of allylic oxidation sites excluding steroid dienone is 1. The molecule has 2 aliphatic carbocycles. The summed E-state index contributed by atoms with van der Waals surface area (Å²) in [7, 11) is -4.10. The average molecular weight is 866 g/mol. The highest BCUT2D eigenvalue weighted by atomic mass is 32.2. The lowest BCUT2D eigenvalue weighted by Crippen LogP contribution is -2.61. The first-order chi connectivity index (χ1) is 28.2. The summed E-state index contributed by atoms with van der Waals surface area (Å²) in [6, 6.07) is 2.12. The Morgan fingerprint density at radius 1 is 1.10 bits per heavy atom. The molecule has 4 heterocycles. The van der Waals surface area contributed by atoms with Crippen LogP contribution in [0.15, 0.2) is 36.5 Å². The Bertz CT molecular complexity index is 2180. The Hall–Kier alpha value is -4.85. The molecular weight excluding hydrogens is 816 g/mol. The van der Waals surface area contributed by atoms with Crippen LogP contribution in [-0.4, -0.2) is 114 Å². The molecule has 2 saturated carbocycles. The molecule has 328 valence electrons. The van der Waals surface area contributed by atoms with E-state index in [0.717, 1.165) is 4.90 Å². The second kappa shape index (κ2) is 15.9. The zero-order valence-electron chi connectivity index (χ0n) is 33.9. The molecule has 0 radical (unpaired) electrons. The number of ether oxygens (including phenoxy) is 5. The van der Waals surface area contributed by atoms with Crippen LogP contribution in [0.2, 0.25) is 0 Å². The number of carbonyl (C=O) groups is 4. The minimum absolute atomic E-state index is 0.0684. The van der Waals surface area contributed by atoms with E-state index in [2.05, 4.69) is 20.3 Å². The van der Waals surface area contributed by atoms with Crippen molar-refractivity contribution in [2.24, 2.45) is 5.92 Å². The Labute approximate surface area is 345 Å². The fourth-order valence-corrected chi connectivity index (χ4v) is 9.05. The maximum atomic E-state index is 14.9. The minimum Gasteiger partial charge on any atom is -0.486 e. The van der Waals surface area contributed by atoms with Crippen LogP contribution in [0.5, 0.6) is 17.4 Å². The zero-order valence-corrected chi connectivity index (χ0v) is 34.7. The number of benzene rings is 1. The number of pyridine rings is 1. The van der Waals surface area contributed by atoms with Gasteiger partial charge in [0.1, 0.15) is 36.9 Å². The Morgan fingerprint density at radius 3 is 2.53 bits per heavy atom. The predicted molar refractivity (Wildman–Crippen MR) is 207 cm³/mol. The van der Waals surface area contributed by atoms with E-state index in [-0.39, 0.29) is 31.7 Å². The molecule has 2 aromatic rings. The van der Waals surface area contributed by atoms with Crippen molar-refractivity contribution in [3.05, 3.63) is 36.5 Å². The van der Waals surface area contributed by atoms with Crippen LogP contribution in [0.25, 0.3) is 10.8 Å². The third-order valence-corrected chi connectivity index (χ3v) is 14.2. The van der Waals surface area contributed by atoms with Gasteiger partial charge in [-0.1, -0.05) is 19.1 Å². The van der Waals surface area contributed by atoms with Gasteiger partial charge in [-0.05, 0) is 84.4 Å². The number of nitrogens with zero attached hydrogens (tertiary/aromatic N) is 2. The summed E-state index contributed by atoms with van der Waals surface area (Å²) in [5, 5.41) is 6.27. The third kappa shape index (κ3) is 8.40. The number of amides is 4. The number of aromatic nitrogens is 1. The van der Waals surface area contributed by atoms with Crippen LogP contribution in [0.4, 0.5) is 18.0 Å².